The van der Waals surface area contributed by atoms with E-state index in [0.29, 0.717) is 35.1 Å². The minimum Gasteiger partial charge on any atom is -0.357 e. The van der Waals surface area contributed by atoms with Crippen LogP contribution in [-0.4, -0.2) is 75.1 Å². The minimum atomic E-state index is -3.44. The first-order valence-corrected chi connectivity index (χ1v) is 15.1. The normalized spacial score (nSPS) is 22.8. The molecule has 0 radical (unpaired) electrons. The average molecular weight is 594 g/mol. The number of ether oxygens (including phenoxy) is 1. The topological polar surface area (TPSA) is 121 Å². The van der Waals surface area contributed by atoms with Gasteiger partial charge in [-0.05, 0) is 54.7 Å². The number of sulfonamides is 1. The van der Waals surface area contributed by atoms with Crippen molar-refractivity contribution >= 4 is 39.1 Å². The highest BCUT2D eigenvalue weighted by molar-refractivity contribution is 7.90. The lowest BCUT2D eigenvalue weighted by Gasteiger charge is -2.48. The Morgan fingerprint density at radius 2 is 1.87 bits per heavy atom. The van der Waals surface area contributed by atoms with E-state index in [4.69, 9.17) is 27.9 Å². The van der Waals surface area contributed by atoms with Crippen LogP contribution in [0.4, 0.5) is 0 Å². The van der Waals surface area contributed by atoms with Crippen LogP contribution in [0.15, 0.2) is 48.5 Å². The summed E-state index contributed by atoms with van der Waals surface area (Å²) in [7, 11) is -1.86. The van der Waals surface area contributed by atoms with E-state index in [1.54, 1.807) is 30.1 Å². The summed E-state index contributed by atoms with van der Waals surface area (Å²) in [5.41, 5.74) is 1.59. The van der Waals surface area contributed by atoms with Gasteiger partial charge < -0.3 is 9.64 Å². The molecule has 1 aliphatic heterocycles. The fraction of sp³-hybridized carbons (Fsp3) is 0.462. The first-order chi connectivity index (χ1) is 18.7. The monoisotopic (exact) mass is 592 g/mol. The van der Waals surface area contributed by atoms with Crippen molar-refractivity contribution in [2.24, 2.45) is 0 Å². The van der Waals surface area contributed by atoms with E-state index in [-0.39, 0.29) is 24.1 Å². The van der Waals surface area contributed by atoms with Crippen LogP contribution in [0.2, 0.25) is 10.0 Å². The average Bonchev–Trinajstić information content (AvgIpc) is 3.66. The van der Waals surface area contributed by atoms with Crippen molar-refractivity contribution in [2.45, 2.75) is 62.1 Å². The largest absolute Gasteiger partial charge is 0.357 e. The zero-order chi connectivity index (χ0) is 27.7. The second-order valence-corrected chi connectivity index (χ2v) is 13.2. The van der Waals surface area contributed by atoms with Crippen molar-refractivity contribution in [1.82, 2.24) is 29.8 Å². The van der Waals surface area contributed by atoms with E-state index in [1.807, 2.05) is 37.3 Å². The summed E-state index contributed by atoms with van der Waals surface area (Å²) in [6, 6.07) is 13.6. The van der Waals surface area contributed by atoms with Gasteiger partial charge in [-0.2, -0.15) is 5.21 Å². The van der Waals surface area contributed by atoms with Gasteiger partial charge in [-0.3, -0.25) is 4.79 Å². The molecule has 0 bridgehead atoms. The predicted molar refractivity (Wildman–Crippen MR) is 147 cm³/mol. The zero-order valence-corrected chi connectivity index (χ0v) is 23.9. The maximum absolute atomic E-state index is 14.2. The zero-order valence-electron chi connectivity index (χ0n) is 21.6. The van der Waals surface area contributed by atoms with Crippen LogP contribution in [-0.2, 0) is 26.0 Å². The molecule has 1 unspecified atom stereocenters. The van der Waals surface area contributed by atoms with Gasteiger partial charge in [0.25, 0.3) is 5.91 Å². The number of amides is 1. The minimum absolute atomic E-state index is 0.100. The van der Waals surface area contributed by atoms with Gasteiger partial charge in [0, 0.05) is 36.1 Å². The molecule has 2 aliphatic rings. The highest BCUT2D eigenvalue weighted by Crippen LogP contribution is 2.45. The van der Waals surface area contributed by atoms with Crippen molar-refractivity contribution in [3.63, 3.8) is 0 Å². The lowest BCUT2D eigenvalue weighted by Crippen LogP contribution is -2.57. The highest BCUT2D eigenvalue weighted by atomic mass is 35.5. The predicted octanol–water partition coefficient (Wildman–Crippen LogP) is 3.96. The van der Waals surface area contributed by atoms with E-state index < -0.39 is 34.3 Å². The van der Waals surface area contributed by atoms with Crippen LogP contribution in [0.5, 0.6) is 0 Å². The number of carbonyl (C=O) groups excluding carboxylic acids is 1. The lowest BCUT2D eigenvalue weighted by molar-refractivity contribution is -0.179. The number of benzene rings is 2. The van der Waals surface area contributed by atoms with Crippen molar-refractivity contribution in [3.05, 3.63) is 75.5 Å². The number of nitrogens with one attached hydrogen (secondary N) is 1. The number of aromatic nitrogens is 4. The Labute approximate surface area is 237 Å². The van der Waals surface area contributed by atoms with Gasteiger partial charge in [-0.25, -0.2) is 12.7 Å². The van der Waals surface area contributed by atoms with Gasteiger partial charge in [0.2, 0.25) is 10.0 Å². The third kappa shape index (κ3) is 5.97. The van der Waals surface area contributed by atoms with Crippen LogP contribution in [0, 0.1) is 0 Å². The second kappa shape index (κ2) is 11.5. The van der Waals surface area contributed by atoms with Gasteiger partial charge >= 0.3 is 0 Å². The summed E-state index contributed by atoms with van der Waals surface area (Å²) >= 11 is 12.6. The number of rotatable bonds is 10. The first-order valence-electron chi connectivity index (χ1n) is 12.8. The third-order valence-corrected chi connectivity index (χ3v) is 10.1. The number of carbonyl (C=O) groups is 1. The molecule has 5 rings (SSSR count). The van der Waals surface area contributed by atoms with E-state index in [0.717, 1.165) is 11.1 Å². The molecule has 1 N–H and O–H groups in total. The summed E-state index contributed by atoms with van der Waals surface area (Å²) in [5.74, 6) is 0.0617. The molecule has 1 aromatic heterocycles. The summed E-state index contributed by atoms with van der Waals surface area (Å²) in [4.78, 5) is 16.0. The van der Waals surface area contributed by atoms with E-state index >= 15 is 0 Å². The standard InChI is InChI=1S/C26H30Cl2N6O4S/c1-3-20(15-33(2)39(36,37)21-11-12-21)34-24(16-7-9-18(27)10-8-16)25(17-5-4-6-19(28)13-17)38-22(26(34)35)14-23-29-31-32-30-23/h4-10,13,20-22,24-25H,3,11-12,14-15H2,1-2H3,(H,29,30,31,32)/t20?,22-,24+,25+/m0/s1. The SMILES string of the molecule is CCC(CN(C)S(=O)(=O)C1CC1)N1C(=O)[C@H](Cc2nn[nH]n2)O[C@H](c2cccc(Cl)c2)[C@H]1c1ccc(Cl)cc1. The smallest absolute Gasteiger partial charge is 0.253 e. The van der Waals surface area contributed by atoms with Crippen molar-refractivity contribution in [2.75, 3.05) is 13.6 Å². The van der Waals surface area contributed by atoms with Crippen molar-refractivity contribution < 1.29 is 17.9 Å². The number of H-pyrrole nitrogens is 1. The van der Waals surface area contributed by atoms with E-state index in [9.17, 15) is 13.2 Å². The number of aromatic amines is 1. The Hall–Kier alpha value is -2.57. The lowest BCUT2D eigenvalue weighted by atomic mass is 9.89. The Bertz CT molecular complexity index is 1400. The molecule has 39 heavy (non-hydrogen) atoms. The van der Waals surface area contributed by atoms with Crippen LogP contribution >= 0.6 is 23.2 Å². The molecule has 2 fully saturated rings. The Balaban J connectivity index is 1.59. The quantitative estimate of drug-likeness (QED) is 0.378. The van der Waals surface area contributed by atoms with Crippen LogP contribution in [0.25, 0.3) is 0 Å². The van der Waals surface area contributed by atoms with E-state index in [2.05, 4.69) is 20.6 Å². The molecule has 10 nitrogen and oxygen atoms in total. The molecule has 2 aromatic carbocycles. The summed E-state index contributed by atoms with van der Waals surface area (Å²) < 4.78 is 34.0. The maximum atomic E-state index is 14.2. The molecule has 208 valence electrons. The molecule has 2 heterocycles. The van der Waals surface area contributed by atoms with Gasteiger partial charge in [0.1, 0.15) is 12.2 Å². The van der Waals surface area contributed by atoms with Crippen LogP contribution < -0.4 is 0 Å². The van der Waals surface area contributed by atoms with Crippen molar-refractivity contribution in [3.8, 4) is 0 Å². The highest BCUT2D eigenvalue weighted by Gasteiger charge is 2.48. The molecule has 13 heteroatoms. The number of morpholine rings is 1. The second-order valence-electron chi connectivity index (χ2n) is 9.96. The summed E-state index contributed by atoms with van der Waals surface area (Å²) in [5, 5.41) is 14.8. The maximum Gasteiger partial charge on any atom is 0.253 e. The van der Waals surface area contributed by atoms with Gasteiger partial charge in [0.05, 0.1) is 11.3 Å². The van der Waals surface area contributed by atoms with E-state index in [1.165, 1.54) is 4.31 Å². The number of likely N-dealkylation sites (N-methyl/N-ethyl adjacent to an activating group) is 1. The van der Waals surface area contributed by atoms with Gasteiger partial charge in [-0.15, -0.1) is 10.2 Å². The Morgan fingerprint density at radius 1 is 1.13 bits per heavy atom. The van der Waals surface area contributed by atoms with Gasteiger partial charge in [0.15, 0.2) is 5.82 Å². The number of hydrogen-bond donors (Lipinski definition) is 1. The van der Waals surface area contributed by atoms with Crippen LogP contribution in [0.1, 0.15) is 55.3 Å². The summed E-state index contributed by atoms with van der Waals surface area (Å²) in [6.45, 7) is 2.11. The fourth-order valence-corrected chi connectivity index (χ4v) is 7.06. The third-order valence-electron chi connectivity index (χ3n) is 7.29. The molecular formula is C26H30Cl2N6O4S. The van der Waals surface area contributed by atoms with Gasteiger partial charge in [-0.1, -0.05) is 59.6 Å². The number of hydrogen-bond acceptors (Lipinski definition) is 7. The molecule has 1 aliphatic carbocycles. The number of tetrazole rings is 1. The molecule has 1 amide bonds. The number of nitrogens with zero attached hydrogens (tertiary/aromatic N) is 5. The fourth-order valence-electron chi connectivity index (χ4n) is 5.11. The molecule has 0 spiro atoms. The molecule has 1 saturated carbocycles. The number of halogens is 2. The molecule has 4 atom stereocenters. The molecular weight excluding hydrogens is 563 g/mol. The molecule has 3 aromatic rings. The first kappa shape index (κ1) is 28.0. The summed E-state index contributed by atoms with van der Waals surface area (Å²) in [6.07, 6.45) is 0.419. The molecule has 1 saturated heterocycles. The van der Waals surface area contributed by atoms with Crippen molar-refractivity contribution in [1.29, 1.82) is 0 Å². The van der Waals surface area contributed by atoms with Crippen LogP contribution in [0.3, 0.4) is 0 Å². The Kier molecular flexibility index (Phi) is 8.25. The Morgan fingerprint density at radius 3 is 2.49 bits per heavy atom.